The number of hydrogen-bond donors (Lipinski definition) is 0. The van der Waals surface area contributed by atoms with Gasteiger partial charge in [0.2, 0.25) is 0 Å². The zero-order valence-corrected chi connectivity index (χ0v) is 13.5. The van der Waals surface area contributed by atoms with Crippen molar-refractivity contribution in [1.29, 1.82) is 0 Å². The molecule has 1 aliphatic carbocycles. The van der Waals surface area contributed by atoms with Gasteiger partial charge in [0.05, 0.1) is 32.1 Å². The Morgan fingerprint density at radius 2 is 2.17 bits per heavy atom. The van der Waals surface area contributed by atoms with Gasteiger partial charge in [-0.2, -0.15) is 0 Å². The van der Waals surface area contributed by atoms with E-state index in [1.807, 2.05) is 25.1 Å². The number of hydrogen-bond acceptors (Lipinski definition) is 5. The lowest BCUT2D eigenvalue weighted by atomic mass is 9.93. The average molecular weight is 317 g/mol. The topological polar surface area (TPSA) is 49.3 Å². The van der Waals surface area contributed by atoms with Gasteiger partial charge in [-0.25, -0.2) is 0 Å². The third-order valence-electron chi connectivity index (χ3n) is 4.65. The van der Waals surface area contributed by atoms with Crippen molar-refractivity contribution in [3.63, 3.8) is 0 Å². The van der Waals surface area contributed by atoms with Crippen molar-refractivity contribution in [2.75, 3.05) is 26.4 Å². The van der Waals surface area contributed by atoms with E-state index in [1.165, 1.54) is 12.8 Å². The minimum absolute atomic E-state index is 0.247. The van der Waals surface area contributed by atoms with E-state index in [9.17, 15) is 0 Å². The van der Waals surface area contributed by atoms with Crippen LogP contribution in [0.4, 0.5) is 0 Å². The summed E-state index contributed by atoms with van der Waals surface area (Å²) in [4.78, 5) is 5.69. The quantitative estimate of drug-likeness (QED) is 0.808. The van der Waals surface area contributed by atoms with E-state index in [-0.39, 0.29) is 5.60 Å². The summed E-state index contributed by atoms with van der Waals surface area (Å²) in [5, 5.41) is 4.31. The van der Waals surface area contributed by atoms with Crippen molar-refractivity contribution in [3.8, 4) is 11.5 Å². The standard InChI is InChI=1S/C18H23NO4/c1-2-21-16-6-5-14(9-17(16)22-11-13-3-4-13)15-10-18(23-19-15)7-8-20-12-18/h5-6,9,13H,2-4,7-8,10-12H2,1H3. The van der Waals surface area contributed by atoms with Crippen LogP contribution in [0.1, 0.15) is 38.2 Å². The fraction of sp³-hybridized carbons (Fsp3) is 0.611. The Hall–Kier alpha value is -1.75. The molecule has 1 saturated heterocycles. The Balaban J connectivity index is 1.52. The molecule has 5 heteroatoms. The van der Waals surface area contributed by atoms with Crippen LogP contribution in [-0.4, -0.2) is 37.7 Å². The second-order valence-corrected chi connectivity index (χ2v) is 6.64. The summed E-state index contributed by atoms with van der Waals surface area (Å²) in [6.45, 7) is 4.76. The van der Waals surface area contributed by atoms with Gasteiger partial charge < -0.3 is 19.0 Å². The molecule has 1 spiro atoms. The molecule has 1 aromatic carbocycles. The smallest absolute Gasteiger partial charge is 0.168 e. The maximum absolute atomic E-state index is 5.99. The van der Waals surface area contributed by atoms with Crippen LogP contribution < -0.4 is 9.47 Å². The van der Waals surface area contributed by atoms with E-state index < -0.39 is 0 Å². The number of nitrogens with zero attached hydrogens (tertiary/aromatic N) is 1. The SMILES string of the molecule is CCOc1ccc(C2=NOC3(CCOC3)C2)cc1OCC1CC1. The van der Waals surface area contributed by atoms with Crippen molar-refractivity contribution >= 4 is 5.71 Å². The van der Waals surface area contributed by atoms with Crippen molar-refractivity contribution in [2.24, 2.45) is 11.1 Å². The highest BCUT2D eigenvalue weighted by molar-refractivity contribution is 6.02. The summed E-state index contributed by atoms with van der Waals surface area (Å²) >= 11 is 0. The summed E-state index contributed by atoms with van der Waals surface area (Å²) in [5.74, 6) is 2.32. The van der Waals surface area contributed by atoms with Gasteiger partial charge in [-0.1, -0.05) is 5.16 Å². The summed E-state index contributed by atoms with van der Waals surface area (Å²) in [5.41, 5.74) is 1.76. The lowest BCUT2D eigenvalue weighted by molar-refractivity contribution is -0.0237. The first kappa shape index (κ1) is 14.8. The van der Waals surface area contributed by atoms with Gasteiger partial charge in [-0.3, -0.25) is 0 Å². The van der Waals surface area contributed by atoms with Crippen LogP contribution in [0.2, 0.25) is 0 Å². The fourth-order valence-electron chi connectivity index (χ4n) is 3.04. The molecular formula is C18H23NO4. The second kappa shape index (κ2) is 6.04. The van der Waals surface area contributed by atoms with Crippen LogP contribution >= 0.6 is 0 Å². The van der Waals surface area contributed by atoms with Gasteiger partial charge in [0.15, 0.2) is 17.1 Å². The Labute approximate surface area is 136 Å². The lowest BCUT2D eigenvalue weighted by Crippen LogP contribution is -2.29. The molecule has 3 aliphatic rings. The summed E-state index contributed by atoms with van der Waals surface area (Å²) in [6, 6.07) is 6.04. The average Bonchev–Trinajstić information content (AvgIpc) is 3.14. The van der Waals surface area contributed by atoms with Crippen LogP contribution in [-0.2, 0) is 9.57 Å². The molecule has 2 aliphatic heterocycles. The van der Waals surface area contributed by atoms with Gasteiger partial charge in [0, 0.05) is 18.4 Å². The molecule has 1 aromatic rings. The van der Waals surface area contributed by atoms with Crippen LogP contribution in [0.25, 0.3) is 0 Å². The normalized spacial score (nSPS) is 26.2. The van der Waals surface area contributed by atoms with Gasteiger partial charge in [-0.05, 0) is 43.9 Å². The minimum Gasteiger partial charge on any atom is -0.490 e. The fourth-order valence-corrected chi connectivity index (χ4v) is 3.04. The first-order chi connectivity index (χ1) is 11.3. The molecule has 23 heavy (non-hydrogen) atoms. The number of ether oxygens (including phenoxy) is 3. The van der Waals surface area contributed by atoms with Crippen LogP contribution in [0, 0.1) is 5.92 Å². The minimum atomic E-state index is -0.247. The molecule has 0 aromatic heterocycles. The predicted octanol–water partition coefficient (Wildman–Crippen LogP) is 3.16. The van der Waals surface area contributed by atoms with E-state index in [4.69, 9.17) is 19.0 Å². The molecule has 0 radical (unpaired) electrons. The maximum atomic E-state index is 5.99. The highest BCUT2D eigenvalue weighted by Crippen LogP contribution is 2.37. The van der Waals surface area contributed by atoms with E-state index in [0.29, 0.717) is 19.1 Å². The maximum Gasteiger partial charge on any atom is 0.168 e. The Kier molecular flexibility index (Phi) is 3.89. The monoisotopic (exact) mass is 317 g/mol. The molecule has 1 saturated carbocycles. The third-order valence-corrected chi connectivity index (χ3v) is 4.65. The van der Waals surface area contributed by atoms with E-state index in [2.05, 4.69) is 5.16 Å². The van der Waals surface area contributed by atoms with Crippen molar-refractivity contribution in [3.05, 3.63) is 23.8 Å². The van der Waals surface area contributed by atoms with Crippen molar-refractivity contribution < 1.29 is 19.0 Å². The molecule has 5 nitrogen and oxygen atoms in total. The number of benzene rings is 1. The van der Waals surface area contributed by atoms with Crippen LogP contribution in [0.15, 0.2) is 23.4 Å². The van der Waals surface area contributed by atoms with Crippen molar-refractivity contribution in [1.82, 2.24) is 0 Å². The zero-order chi connectivity index (χ0) is 15.7. The zero-order valence-electron chi connectivity index (χ0n) is 13.5. The van der Waals surface area contributed by atoms with Gasteiger partial charge in [0.25, 0.3) is 0 Å². The van der Waals surface area contributed by atoms with Crippen molar-refractivity contribution in [2.45, 2.75) is 38.2 Å². The molecule has 0 amide bonds. The summed E-state index contributed by atoms with van der Waals surface area (Å²) in [6.07, 6.45) is 4.24. The number of rotatable bonds is 6. The summed E-state index contributed by atoms with van der Waals surface area (Å²) in [7, 11) is 0. The Bertz CT molecular complexity index is 603. The third kappa shape index (κ3) is 3.15. The molecule has 2 heterocycles. The predicted molar refractivity (Wildman–Crippen MR) is 86.2 cm³/mol. The molecule has 1 atom stereocenters. The molecule has 124 valence electrons. The molecule has 1 unspecified atom stereocenters. The van der Waals surface area contributed by atoms with E-state index in [1.54, 1.807) is 0 Å². The van der Waals surface area contributed by atoms with Gasteiger partial charge in [0.1, 0.15) is 0 Å². The Morgan fingerprint density at radius 1 is 1.26 bits per heavy atom. The van der Waals surface area contributed by atoms with Crippen LogP contribution in [0.5, 0.6) is 11.5 Å². The van der Waals surface area contributed by atoms with Gasteiger partial charge >= 0.3 is 0 Å². The Morgan fingerprint density at radius 3 is 2.91 bits per heavy atom. The largest absolute Gasteiger partial charge is 0.490 e. The van der Waals surface area contributed by atoms with E-state index in [0.717, 1.165) is 48.8 Å². The highest BCUT2D eigenvalue weighted by Gasteiger charge is 2.43. The molecular weight excluding hydrogens is 294 g/mol. The first-order valence-corrected chi connectivity index (χ1v) is 8.51. The van der Waals surface area contributed by atoms with Gasteiger partial charge in [-0.15, -0.1) is 0 Å². The summed E-state index contributed by atoms with van der Waals surface area (Å²) < 4.78 is 17.1. The number of oxime groups is 1. The highest BCUT2D eigenvalue weighted by atomic mass is 16.7. The van der Waals surface area contributed by atoms with Crippen LogP contribution in [0.3, 0.4) is 0 Å². The molecule has 0 bridgehead atoms. The lowest BCUT2D eigenvalue weighted by Gasteiger charge is -2.17. The first-order valence-electron chi connectivity index (χ1n) is 8.51. The molecule has 4 rings (SSSR count). The van der Waals surface area contributed by atoms with E-state index >= 15 is 0 Å². The molecule has 2 fully saturated rings. The molecule has 0 N–H and O–H groups in total. The second-order valence-electron chi connectivity index (χ2n) is 6.64.